The van der Waals surface area contributed by atoms with Crippen molar-refractivity contribution in [2.45, 2.75) is 0 Å². The van der Waals surface area contributed by atoms with Gasteiger partial charge in [-0.15, -0.1) is 0 Å². The topological polar surface area (TPSA) is 29.5 Å². The van der Waals surface area contributed by atoms with Gasteiger partial charge in [-0.3, -0.25) is 0 Å². The van der Waals surface area contributed by atoms with Crippen molar-refractivity contribution in [3.8, 4) is 5.75 Å². The highest BCUT2D eigenvalue weighted by Gasteiger charge is 2.02. The Labute approximate surface area is 64.9 Å². The van der Waals surface area contributed by atoms with Crippen LogP contribution < -0.4 is 10.2 Å². The highest BCUT2D eigenvalue weighted by Crippen LogP contribution is 2.12. The third-order valence-electron chi connectivity index (χ3n) is 1.40. The van der Waals surface area contributed by atoms with Gasteiger partial charge in [0.2, 0.25) is 0 Å². The maximum absolute atomic E-state index is 12.8. The maximum Gasteiger partial charge on any atom is 0.304 e. The number of hydrogen-bond acceptors (Lipinski definition) is 2. The number of hydrogen-bond donors (Lipinski definition) is 1. The van der Waals surface area contributed by atoms with E-state index in [0.717, 1.165) is 0 Å². The third kappa shape index (κ3) is 1.71. The van der Waals surface area contributed by atoms with Gasteiger partial charge in [-0.1, -0.05) is 6.07 Å². The number of methoxy groups -OCH3 is 1. The van der Waals surface area contributed by atoms with Crippen LogP contribution in [0.4, 0.5) is 4.39 Å². The fourth-order valence-electron chi connectivity index (χ4n) is 0.808. The lowest BCUT2D eigenvalue weighted by Gasteiger charge is -2.01. The number of benzene rings is 1. The van der Waals surface area contributed by atoms with Crippen LogP contribution in [0.15, 0.2) is 18.2 Å². The van der Waals surface area contributed by atoms with Crippen LogP contribution in [0.1, 0.15) is 0 Å². The quantitative estimate of drug-likeness (QED) is 0.598. The molecule has 0 radical (unpaired) electrons. The van der Waals surface area contributed by atoms with Crippen LogP contribution in [-0.2, 0) is 0 Å². The number of rotatable bonds is 2. The smallest absolute Gasteiger partial charge is 0.304 e. The minimum atomic E-state index is -0.445. The van der Waals surface area contributed by atoms with Gasteiger partial charge >= 0.3 is 7.48 Å². The van der Waals surface area contributed by atoms with Crippen LogP contribution >= 0.6 is 0 Å². The standard InChI is InChI=1S/C7H8BFO2/c1-11-7-3-2-5(8-10)4-6(7)9/h2-4,8,10H,1H3. The van der Waals surface area contributed by atoms with Crippen molar-refractivity contribution in [3.05, 3.63) is 24.0 Å². The minimum absolute atomic E-state index is 0.152. The van der Waals surface area contributed by atoms with Crippen molar-refractivity contribution in [1.82, 2.24) is 0 Å². The molecule has 0 bridgehead atoms. The van der Waals surface area contributed by atoms with Gasteiger partial charge in [-0.05, 0) is 17.6 Å². The predicted molar refractivity (Wildman–Crippen MR) is 42.0 cm³/mol. The largest absolute Gasteiger partial charge is 0.494 e. The second kappa shape index (κ2) is 3.39. The zero-order chi connectivity index (χ0) is 8.27. The molecule has 1 N–H and O–H groups in total. The first-order valence-corrected chi connectivity index (χ1v) is 3.21. The lowest BCUT2D eigenvalue weighted by Crippen LogP contribution is -2.13. The van der Waals surface area contributed by atoms with E-state index in [4.69, 9.17) is 5.02 Å². The Morgan fingerprint density at radius 3 is 2.73 bits per heavy atom. The molecule has 0 fully saturated rings. The molecule has 0 aromatic heterocycles. The number of halogens is 1. The average molecular weight is 154 g/mol. The molecular formula is C7H8BFO2. The van der Waals surface area contributed by atoms with Crippen LogP contribution in [0.25, 0.3) is 0 Å². The summed E-state index contributed by atoms with van der Waals surface area (Å²) < 4.78 is 17.5. The molecule has 4 heteroatoms. The fraction of sp³-hybridized carbons (Fsp3) is 0.143. The SMILES string of the molecule is COc1ccc(BO)cc1F. The Hall–Kier alpha value is -1.03. The lowest BCUT2D eigenvalue weighted by atomic mass is 9.89. The van der Waals surface area contributed by atoms with Gasteiger partial charge in [0.05, 0.1) is 7.11 Å². The summed E-state index contributed by atoms with van der Waals surface area (Å²) >= 11 is 0. The van der Waals surface area contributed by atoms with E-state index in [0.29, 0.717) is 5.46 Å². The summed E-state index contributed by atoms with van der Waals surface area (Å²) in [6.45, 7) is 0. The molecule has 2 nitrogen and oxygen atoms in total. The van der Waals surface area contributed by atoms with Gasteiger partial charge in [0.25, 0.3) is 0 Å². The van der Waals surface area contributed by atoms with Crippen molar-refractivity contribution >= 4 is 12.9 Å². The van der Waals surface area contributed by atoms with E-state index in [1.807, 2.05) is 0 Å². The third-order valence-corrected chi connectivity index (χ3v) is 1.40. The fourth-order valence-corrected chi connectivity index (χ4v) is 0.808. The molecule has 0 amide bonds. The average Bonchev–Trinajstić information content (AvgIpc) is 2.04. The second-order valence-corrected chi connectivity index (χ2v) is 2.13. The molecule has 0 saturated heterocycles. The molecule has 0 spiro atoms. The number of ether oxygens (including phenoxy) is 1. The molecule has 0 aliphatic rings. The highest BCUT2D eigenvalue weighted by molar-refractivity contribution is 6.45. The Balaban J connectivity index is 2.99. The maximum atomic E-state index is 12.8. The zero-order valence-corrected chi connectivity index (χ0v) is 6.17. The Kier molecular flexibility index (Phi) is 2.49. The molecule has 1 aromatic rings. The van der Waals surface area contributed by atoms with Gasteiger partial charge in [0.15, 0.2) is 11.6 Å². The van der Waals surface area contributed by atoms with E-state index < -0.39 is 5.82 Å². The van der Waals surface area contributed by atoms with E-state index >= 15 is 0 Å². The summed E-state index contributed by atoms with van der Waals surface area (Å²) in [7, 11) is 1.25. The minimum Gasteiger partial charge on any atom is -0.494 e. The molecule has 0 aliphatic carbocycles. The van der Waals surface area contributed by atoms with E-state index in [2.05, 4.69) is 4.74 Å². The van der Waals surface area contributed by atoms with Crippen molar-refractivity contribution in [1.29, 1.82) is 0 Å². The normalized spacial score (nSPS) is 9.36. The summed E-state index contributed by atoms with van der Waals surface area (Å²) in [5.41, 5.74) is 0.545. The molecule has 0 unspecified atom stereocenters. The first-order valence-electron chi connectivity index (χ1n) is 3.21. The van der Waals surface area contributed by atoms with Gasteiger partial charge in [0, 0.05) is 0 Å². The molecule has 1 aromatic carbocycles. The van der Waals surface area contributed by atoms with Gasteiger partial charge < -0.3 is 9.76 Å². The van der Waals surface area contributed by atoms with Crippen LogP contribution in [0.3, 0.4) is 0 Å². The summed E-state index contributed by atoms with van der Waals surface area (Å²) in [6.07, 6.45) is 0. The van der Waals surface area contributed by atoms with Crippen LogP contribution in [-0.4, -0.2) is 19.6 Å². The molecule has 11 heavy (non-hydrogen) atoms. The van der Waals surface area contributed by atoms with E-state index in [1.54, 1.807) is 6.07 Å². The summed E-state index contributed by atoms with van der Waals surface area (Å²) in [6, 6.07) is 4.35. The van der Waals surface area contributed by atoms with Crippen molar-refractivity contribution in [2.24, 2.45) is 0 Å². The molecule has 58 valence electrons. The van der Waals surface area contributed by atoms with Crippen LogP contribution in [0, 0.1) is 5.82 Å². The van der Waals surface area contributed by atoms with E-state index in [1.165, 1.54) is 19.2 Å². The zero-order valence-electron chi connectivity index (χ0n) is 6.17. The summed E-state index contributed by atoms with van der Waals surface area (Å²) in [5, 5.41) is 8.62. The first kappa shape index (κ1) is 8.08. The van der Waals surface area contributed by atoms with Crippen LogP contribution in [0.5, 0.6) is 5.75 Å². The first-order chi connectivity index (χ1) is 5.27. The van der Waals surface area contributed by atoms with Gasteiger partial charge in [0.1, 0.15) is 0 Å². The molecule has 0 heterocycles. The van der Waals surface area contributed by atoms with E-state index in [-0.39, 0.29) is 13.2 Å². The highest BCUT2D eigenvalue weighted by atomic mass is 19.1. The van der Waals surface area contributed by atoms with Crippen molar-refractivity contribution in [3.63, 3.8) is 0 Å². The van der Waals surface area contributed by atoms with E-state index in [9.17, 15) is 4.39 Å². The van der Waals surface area contributed by atoms with Crippen molar-refractivity contribution < 1.29 is 14.2 Å². The lowest BCUT2D eigenvalue weighted by molar-refractivity contribution is 0.387. The Morgan fingerprint density at radius 1 is 1.55 bits per heavy atom. The molecular weight excluding hydrogens is 146 g/mol. The van der Waals surface area contributed by atoms with Crippen molar-refractivity contribution in [2.75, 3.05) is 7.11 Å². The van der Waals surface area contributed by atoms with Gasteiger partial charge in [-0.25, -0.2) is 4.39 Å². The monoisotopic (exact) mass is 154 g/mol. The Morgan fingerprint density at radius 2 is 2.27 bits per heavy atom. The molecule has 0 atom stereocenters. The summed E-state index contributed by atoms with van der Waals surface area (Å²) in [4.78, 5) is 0. The Bertz CT molecular complexity index is 252. The molecule has 0 saturated carbocycles. The molecule has 1 rings (SSSR count). The molecule has 0 aliphatic heterocycles. The van der Waals surface area contributed by atoms with Crippen LogP contribution in [0.2, 0.25) is 0 Å². The van der Waals surface area contributed by atoms with Gasteiger partial charge in [-0.2, -0.15) is 0 Å². The second-order valence-electron chi connectivity index (χ2n) is 2.13. The predicted octanol–water partition coefficient (Wildman–Crippen LogP) is -0.197. The summed E-state index contributed by atoms with van der Waals surface area (Å²) in [5.74, 6) is -0.249.